The van der Waals surface area contributed by atoms with E-state index < -0.39 is 17.7 Å². The fraction of sp³-hybridized carbons (Fsp3) is 0.679. The molecule has 0 radical (unpaired) electrons. The average molecular weight is 490 g/mol. The van der Waals surface area contributed by atoms with Gasteiger partial charge >= 0.3 is 6.09 Å². The molecule has 35 heavy (non-hydrogen) atoms. The molecule has 7 nitrogen and oxygen atoms in total. The highest BCUT2D eigenvalue weighted by atomic mass is 16.6. The lowest BCUT2D eigenvalue weighted by molar-refractivity contribution is -0.142. The molecule has 0 aliphatic carbocycles. The number of carbonyl (C=O) groups excluding carboxylic acids is 3. The molecule has 0 heterocycles. The molecule has 0 aliphatic rings. The molecule has 3 amide bonds. The molecule has 0 aliphatic heterocycles. The second-order valence-corrected chi connectivity index (χ2v) is 10.8. The Morgan fingerprint density at radius 2 is 1.69 bits per heavy atom. The van der Waals surface area contributed by atoms with Gasteiger partial charge in [0, 0.05) is 12.6 Å². The summed E-state index contributed by atoms with van der Waals surface area (Å²) in [7, 11) is 0. The monoisotopic (exact) mass is 489 g/mol. The molecular formula is C28H47N3O4. The number of benzene rings is 1. The van der Waals surface area contributed by atoms with E-state index in [1.165, 1.54) is 0 Å². The second kappa shape index (κ2) is 14.1. The molecule has 1 rings (SSSR count). The van der Waals surface area contributed by atoms with Crippen LogP contribution in [-0.2, 0) is 14.3 Å². The van der Waals surface area contributed by atoms with Crippen molar-refractivity contribution in [3.05, 3.63) is 34.9 Å². The molecule has 0 bridgehead atoms. The Labute approximate surface area is 212 Å². The second-order valence-electron chi connectivity index (χ2n) is 10.8. The summed E-state index contributed by atoms with van der Waals surface area (Å²) in [4.78, 5) is 41.1. The van der Waals surface area contributed by atoms with Crippen LogP contribution in [0.25, 0.3) is 0 Å². The third kappa shape index (κ3) is 10.3. The molecule has 2 atom stereocenters. The fourth-order valence-corrected chi connectivity index (χ4v) is 3.88. The summed E-state index contributed by atoms with van der Waals surface area (Å²) in [5, 5.41) is 5.61. The number of nitrogens with zero attached hydrogens (tertiary/aromatic N) is 1. The summed E-state index contributed by atoms with van der Waals surface area (Å²) < 4.78 is 5.30. The Kier molecular flexibility index (Phi) is 12.3. The normalized spacial score (nSPS) is 13.2. The Bertz CT molecular complexity index is 845. The van der Waals surface area contributed by atoms with Crippen LogP contribution >= 0.6 is 0 Å². The summed E-state index contributed by atoms with van der Waals surface area (Å²) in [6.07, 6.45) is 2.83. The van der Waals surface area contributed by atoms with Crippen molar-refractivity contribution in [2.75, 3.05) is 13.1 Å². The van der Waals surface area contributed by atoms with Gasteiger partial charge in [0.1, 0.15) is 18.2 Å². The molecule has 2 unspecified atom stereocenters. The zero-order valence-corrected chi connectivity index (χ0v) is 23.3. The van der Waals surface area contributed by atoms with E-state index in [1.807, 2.05) is 39.0 Å². The first-order valence-corrected chi connectivity index (χ1v) is 12.9. The van der Waals surface area contributed by atoms with E-state index in [4.69, 9.17) is 4.74 Å². The van der Waals surface area contributed by atoms with Crippen LogP contribution in [0.3, 0.4) is 0 Å². The maximum absolute atomic E-state index is 13.6. The van der Waals surface area contributed by atoms with Crippen molar-refractivity contribution in [1.29, 1.82) is 0 Å². The Morgan fingerprint density at radius 3 is 2.26 bits per heavy atom. The van der Waals surface area contributed by atoms with E-state index in [1.54, 1.807) is 25.7 Å². The van der Waals surface area contributed by atoms with Gasteiger partial charge in [-0.1, -0.05) is 45.4 Å². The van der Waals surface area contributed by atoms with Gasteiger partial charge < -0.3 is 20.3 Å². The number of nitrogens with one attached hydrogen (secondary N) is 2. The van der Waals surface area contributed by atoms with Crippen molar-refractivity contribution in [2.45, 2.75) is 106 Å². The van der Waals surface area contributed by atoms with Crippen molar-refractivity contribution in [3.8, 4) is 0 Å². The van der Waals surface area contributed by atoms with Gasteiger partial charge in [-0.2, -0.15) is 0 Å². The molecule has 1 aromatic rings. The molecular weight excluding hydrogens is 442 g/mol. The number of alkyl carbamates (subject to hydrolysis) is 1. The van der Waals surface area contributed by atoms with Crippen molar-refractivity contribution in [1.82, 2.24) is 15.5 Å². The molecule has 0 spiro atoms. The van der Waals surface area contributed by atoms with E-state index in [9.17, 15) is 14.4 Å². The van der Waals surface area contributed by atoms with Gasteiger partial charge in [-0.3, -0.25) is 9.59 Å². The van der Waals surface area contributed by atoms with Crippen molar-refractivity contribution < 1.29 is 19.1 Å². The van der Waals surface area contributed by atoms with Crippen LogP contribution < -0.4 is 10.6 Å². The zero-order chi connectivity index (χ0) is 26.8. The predicted molar refractivity (Wildman–Crippen MR) is 141 cm³/mol. The largest absolute Gasteiger partial charge is 0.444 e. The number of carbonyl (C=O) groups is 3. The lowest BCUT2D eigenvalue weighted by atomic mass is 9.93. The van der Waals surface area contributed by atoms with Crippen LogP contribution in [0.5, 0.6) is 0 Å². The number of unbranched alkanes of at least 4 members (excludes halogenated alkanes) is 1. The standard InChI is InChI=1S/C28H47N3O4/c1-10-11-17-29-26(33)25(23-14-12-13-20(4)22(23)6)31(21(5)16-15-19(2)3)24(32)18-30-27(34)35-28(7,8)9/h12-14,19,21,25H,10-11,15-18H2,1-9H3,(H,29,33)(H,30,34). The average Bonchev–Trinajstić information content (AvgIpc) is 2.75. The lowest BCUT2D eigenvalue weighted by Gasteiger charge is -2.37. The molecule has 0 saturated heterocycles. The third-order valence-electron chi connectivity index (χ3n) is 6.00. The molecule has 198 valence electrons. The Hall–Kier alpha value is -2.57. The topological polar surface area (TPSA) is 87.7 Å². The van der Waals surface area contributed by atoms with Crippen LogP contribution in [0.4, 0.5) is 4.79 Å². The maximum atomic E-state index is 13.6. The SMILES string of the molecule is CCCCNC(=O)C(c1cccc(C)c1C)N(C(=O)CNC(=O)OC(C)(C)C)C(C)CCC(C)C. The van der Waals surface area contributed by atoms with Crippen LogP contribution in [-0.4, -0.2) is 47.5 Å². The molecule has 7 heteroatoms. The highest BCUT2D eigenvalue weighted by Gasteiger charge is 2.35. The Balaban J connectivity index is 3.38. The van der Waals surface area contributed by atoms with Gasteiger partial charge in [0.15, 0.2) is 0 Å². The van der Waals surface area contributed by atoms with Gasteiger partial charge in [-0.05, 0) is 83.4 Å². The number of rotatable bonds is 12. The first kappa shape index (κ1) is 30.5. The number of hydrogen-bond acceptors (Lipinski definition) is 4. The number of ether oxygens (including phenoxy) is 1. The minimum Gasteiger partial charge on any atom is -0.444 e. The molecule has 2 N–H and O–H groups in total. The Morgan fingerprint density at radius 1 is 1.03 bits per heavy atom. The minimum absolute atomic E-state index is 0.200. The van der Waals surface area contributed by atoms with Crippen molar-refractivity contribution >= 4 is 17.9 Å². The maximum Gasteiger partial charge on any atom is 0.408 e. The summed E-state index contributed by atoms with van der Waals surface area (Å²) in [6.45, 7) is 17.9. The van der Waals surface area contributed by atoms with Gasteiger partial charge in [-0.15, -0.1) is 0 Å². The molecule has 1 aromatic carbocycles. The highest BCUT2D eigenvalue weighted by Crippen LogP contribution is 2.30. The number of hydrogen-bond donors (Lipinski definition) is 2. The lowest BCUT2D eigenvalue weighted by Crippen LogP contribution is -2.51. The van der Waals surface area contributed by atoms with E-state index in [-0.39, 0.29) is 24.4 Å². The van der Waals surface area contributed by atoms with Crippen LogP contribution in [0.2, 0.25) is 0 Å². The highest BCUT2D eigenvalue weighted by molar-refractivity contribution is 5.91. The van der Waals surface area contributed by atoms with E-state index in [0.29, 0.717) is 12.5 Å². The molecule has 0 aromatic heterocycles. The van der Waals surface area contributed by atoms with E-state index in [2.05, 4.69) is 31.4 Å². The first-order chi connectivity index (χ1) is 16.3. The van der Waals surface area contributed by atoms with Gasteiger partial charge in [0.2, 0.25) is 11.8 Å². The van der Waals surface area contributed by atoms with Crippen LogP contribution in [0.1, 0.15) is 96.9 Å². The van der Waals surface area contributed by atoms with Crippen molar-refractivity contribution in [3.63, 3.8) is 0 Å². The molecule has 0 saturated carbocycles. The summed E-state index contributed by atoms with van der Waals surface area (Å²) in [5.41, 5.74) is 2.18. The third-order valence-corrected chi connectivity index (χ3v) is 6.00. The van der Waals surface area contributed by atoms with Gasteiger partial charge in [-0.25, -0.2) is 4.79 Å². The van der Waals surface area contributed by atoms with E-state index >= 15 is 0 Å². The van der Waals surface area contributed by atoms with Gasteiger partial charge in [0.05, 0.1) is 0 Å². The summed E-state index contributed by atoms with van der Waals surface area (Å²) in [5.74, 6) is -0.0512. The quantitative estimate of drug-likeness (QED) is 0.383. The fourth-order valence-electron chi connectivity index (χ4n) is 3.88. The number of aryl methyl sites for hydroxylation is 1. The van der Waals surface area contributed by atoms with Crippen LogP contribution in [0, 0.1) is 19.8 Å². The van der Waals surface area contributed by atoms with Crippen LogP contribution in [0.15, 0.2) is 18.2 Å². The number of amides is 3. The summed E-state index contributed by atoms with van der Waals surface area (Å²) in [6, 6.07) is 4.85. The smallest absolute Gasteiger partial charge is 0.408 e. The van der Waals surface area contributed by atoms with E-state index in [0.717, 1.165) is 42.4 Å². The summed E-state index contributed by atoms with van der Waals surface area (Å²) >= 11 is 0. The first-order valence-electron chi connectivity index (χ1n) is 12.9. The molecule has 0 fully saturated rings. The van der Waals surface area contributed by atoms with Crippen molar-refractivity contribution in [2.24, 2.45) is 5.92 Å². The minimum atomic E-state index is -0.790. The van der Waals surface area contributed by atoms with Gasteiger partial charge in [0.25, 0.3) is 0 Å². The predicted octanol–water partition coefficient (Wildman–Crippen LogP) is 5.44. The zero-order valence-electron chi connectivity index (χ0n) is 23.3.